The van der Waals surface area contributed by atoms with Crippen molar-refractivity contribution in [2.24, 2.45) is 0 Å². The topological polar surface area (TPSA) is 66.0 Å². The van der Waals surface area contributed by atoms with Crippen LogP contribution in [0.1, 0.15) is 17.4 Å². The molecule has 5 rings (SSSR count). The number of hydrogen-bond donors (Lipinski definition) is 0. The summed E-state index contributed by atoms with van der Waals surface area (Å²) in [6, 6.07) is 19.5. The van der Waals surface area contributed by atoms with Crippen LogP contribution < -0.4 is 0 Å². The lowest BCUT2D eigenvalue weighted by atomic mass is 10.1. The minimum atomic E-state index is -0.0205. The third-order valence-electron chi connectivity index (χ3n) is 4.57. The number of ether oxygens (including phenoxy) is 1. The van der Waals surface area contributed by atoms with Crippen LogP contribution in [0.5, 0.6) is 0 Å². The Bertz CT molecular complexity index is 1090. The molecule has 27 heavy (non-hydrogen) atoms. The zero-order chi connectivity index (χ0) is 18.2. The molecular weight excluding hydrogens is 364 g/mol. The van der Waals surface area contributed by atoms with E-state index in [0.29, 0.717) is 35.6 Å². The van der Waals surface area contributed by atoms with Gasteiger partial charge in [-0.1, -0.05) is 59.2 Å². The molecule has 0 aliphatic carbocycles. The van der Waals surface area contributed by atoms with Gasteiger partial charge in [0, 0.05) is 5.56 Å². The second-order valence-electron chi connectivity index (χ2n) is 6.32. The van der Waals surface area contributed by atoms with Crippen LogP contribution >= 0.6 is 11.6 Å². The molecule has 1 atom stereocenters. The van der Waals surface area contributed by atoms with Crippen LogP contribution in [0, 0.1) is 0 Å². The number of aromatic nitrogens is 4. The fourth-order valence-corrected chi connectivity index (χ4v) is 3.40. The molecule has 4 aromatic rings. The Morgan fingerprint density at radius 2 is 1.85 bits per heavy atom. The van der Waals surface area contributed by atoms with Crippen LogP contribution in [-0.4, -0.2) is 19.9 Å². The van der Waals surface area contributed by atoms with Gasteiger partial charge in [-0.3, -0.25) is 4.68 Å². The van der Waals surface area contributed by atoms with Crippen molar-refractivity contribution in [2.75, 3.05) is 0 Å². The SMILES string of the molecule is Clc1ccccc1-c1noc(-c2cc3n(n2)CC(c2ccccc2)OC3)n1. The number of halogens is 1. The third kappa shape index (κ3) is 3.03. The predicted molar refractivity (Wildman–Crippen MR) is 99.9 cm³/mol. The molecule has 134 valence electrons. The first-order valence-electron chi connectivity index (χ1n) is 8.60. The smallest absolute Gasteiger partial charge is 0.278 e. The van der Waals surface area contributed by atoms with Gasteiger partial charge in [0.05, 0.1) is 23.9 Å². The van der Waals surface area contributed by atoms with Gasteiger partial charge in [0.1, 0.15) is 6.10 Å². The average Bonchev–Trinajstić information content (AvgIpc) is 3.35. The lowest BCUT2D eigenvalue weighted by Crippen LogP contribution is -2.21. The Morgan fingerprint density at radius 3 is 2.70 bits per heavy atom. The van der Waals surface area contributed by atoms with E-state index in [4.69, 9.17) is 20.9 Å². The van der Waals surface area contributed by atoms with E-state index in [1.165, 1.54) is 0 Å². The van der Waals surface area contributed by atoms with Crippen LogP contribution in [0.25, 0.3) is 23.0 Å². The maximum Gasteiger partial charge on any atom is 0.278 e. The summed E-state index contributed by atoms with van der Waals surface area (Å²) in [4.78, 5) is 4.45. The van der Waals surface area contributed by atoms with Crippen molar-refractivity contribution in [2.45, 2.75) is 19.3 Å². The fraction of sp³-hybridized carbons (Fsp3) is 0.150. The zero-order valence-corrected chi connectivity index (χ0v) is 15.0. The van der Waals surface area contributed by atoms with E-state index in [2.05, 4.69) is 27.4 Å². The Hall–Kier alpha value is -2.96. The molecule has 2 aromatic heterocycles. The van der Waals surface area contributed by atoms with Gasteiger partial charge in [0.2, 0.25) is 5.82 Å². The van der Waals surface area contributed by atoms with Crippen molar-refractivity contribution < 1.29 is 9.26 Å². The van der Waals surface area contributed by atoms with Gasteiger partial charge in [-0.05, 0) is 23.8 Å². The predicted octanol–water partition coefficient (Wildman–Crippen LogP) is 4.53. The molecule has 3 heterocycles. The van der Waals surface area contributed by atoms with Gasteiger partial charge >= 0.3 is 0 Å². The molecule has 1 aliphatic rings. The summed E-state index contributed by atoms with van der Waals surface area (Å²) in [5.41, 5.74) is 3.48. The highest BCUT2D eigenvalue weighted by Gasteiger charge is 2.24. The van der Waals surface area contributed by atoms with E-state index in [1.807, 2.05) is 47.1 Å². The molecule has 0 saturated heterocycles. The minimum Gasteiger partial charge on any atom is -0.365 e. The van der Waals surface area contributed by atoms with Crippen molar-refractivity contribution in [3.05, 3.63) is 76.9 Å². The average molecular weight is 379 g/mol. The van der Waals surface area contributed by atoms with E-state index in [9.17, 15) is 0 Å². The molecule has 0 fully saturated rings. The Morgan fingerprint density at radius 1 is 1.04 bits per heavy atom. The molecule has 0 N–H and O–H groups in total. The van der Waals surface area contributed by atoms with Gasteiger partial charge in [-0.2, -0.15) is 10.1 Å². The van der Waals surface area contributed by atoms with Crippen LogP contribution in [-0.2, 0) is 17.9 Å². The lowest BCUT2D eigenvalue weighted by Gasteiger charge is -2.24. The molecule has 0 spiro atoms. The highest BCUT2D eigenvalue weighted by molar-refractivity contribution is 6.33. The summed E-state index contributed by atoms with van der Waals surface area (Å²) < 4.78 is 13.3. The summed E-state index contributed by atoms with van der Waals surface area (Å²) in [7, 11) is 0. The molecule has 2 aromatic carbocycles. The summed E-state index contributed by atoms with van der Waals surface area (Å²) in [5, 5.41) is 9.25. The molecule has 6 nitrogen and oxygen atoms in total. The number of hydrogen-bond acceptors (Lipinski definition) is 5. The first kappa shape index (κ1) is 16.2. The minimum absolute atomic E-state index is 0.0205. The number of benzene rings is 2. The van der Waals surface area contributed by atoms with Crippen LogP contribution in [0.3, 0.4) is 0 Å². The second-order valence-corrected chi connectivity index (χ2v) is 6.72. The van der Waals surface area contributed by atoms with Crippen LogP contribution in [0.15, 0.2) is 65.2 Å². The Labute approximate surface area is 160 Å². The van der Waals surface area contributed by atoms with E-state index in [1.54, 1.807) is 6.07 Å². The second kappa shape index (κ2) is 6.64. The summed E-state index contributed by atoms with van der Waals surface area (Å²) in [6.07, 6.45) is -0.0205. The molecule has 1 aliphatic heterocycles. The van der Waals surface area contributed by atoms with Crippen molar-refractivity contribution in [3.63, 3.8) is 0 Å². The molecule has 0 amide bonds. The van der Waals surface area contributed by atoms with Gasteiger partial charge in [0.15, 0.2) is 5.69 Å². The Kier molecular flexibility index (Phi) is 3.99. The number of rotatable bonds is 3. The first-order chi connectivity index (χ1) is 13.3. The van der Waals surface area contributed by atoms with Crippen molar-refractivity contribution in [1.82, 2.24) is 19.9 Å². The lowest BCUT2D eigenvalue weighted by molar-refractivity contribution is -0.00113. The number of fused-ring (bicyclic) bond motifs is 1. The molecular formula is C20H15ClN4O2. The highest BCUT2D eigenvalue weighted by Crippen LogP contribution is 2.30. The highest BCUT2D eigenvalue weighted by atomic mass is 35.5. The molecule has 0 radical (unpaired) electrons. The maximum absolute atomic E-state index is 6.21. The summed E-state index contributed by atoms with van der Waals surface area (Å²) in [6.45, 7) is 1.13. The van der Waals surface area contributed by atoms with Gasteiger partial charge in [0.25, 0.3) is 5.89 Å². The normalized spacial score (nSPS) is 16.3. The van der Waals surface area contributed by atoms with Gasteiger partial charge in [-0.25, -0.2) is 0 Å². The molecule has 7 heteroatoms. The Balaban J connectivity index is 1.43. The standard InChI is InChI=1S/C20H15ClN4O2/c21-16-9-5-4-8-15(16)19-22-20(27-24-19)17-10-14-12-26-18(11-25(14)23-17)13-6-2-1-3-7-13/h1-10,18H,11-12H2. The van der Waals surface area contributed by atoms with Gasteiger partial charge < -0.3 is 9.26 Å². The molecule has 0 saturated carbocycles. The fourth-order valence-electron chi connectivity index (χ4n) is 3.18. The number of nitrogens with zero attached hydrogens (tertiary/aromatic N) is 4. The van der Waals surface area contributed by atoms with Crippen molar-refractivity contribution >= 4 is 11.6 Å². The van der Waals surface area contributed by atoms with Crippen LogP contribution in [0.4, 0.5) is 0 Å². The quantitative estimate of drug-likeness (QED) is 0.524. The molecule has 1 unspecified atom stereocenters. The maximum atomic E-state index is 6.21. The van der Waals surface area contributed by atoms with E-state index in [0.717, 1.165) is 16.8 Å². The third-order valence-corrected chi connectivity index (χ3v) is 4.90. The van der Waals surface area contributed by atoms with Crippen LogP contribution in [0.2, 0.25) is 5.02 Å². The summed E-state index contributed by atoms with van der Waals surface area (Å²) in [5.74, 6) is 0.808. The van der Waals surface area contributed by atoms with E-state index in [-0.39, 0.29) is 6.10 Å². The monoisotopic (exact) mass is 378 g/mol. The van der Waals surface area contributed by atoms with Crippen molar-refractivity contribution in [3.8, 4) is 23.0 Å². The van der Waals surface area contributed by atoms with Gasteiger partial charge in [-0.15, -0.1) is 0 Å². The zero-order valence-electron chi connectivity index (χ0n) is 14.2. The first-order valence-corrected chi connectivity index (χ1v) is 8.98. The van der Waals surface area contributed by atoms with Crippen molar-refractivity contribution in [1.29, 1.82) is 0 Å². The summed E-state index contributed by atoms with van der Waals surface area (Å²) >= 11 is 6.21. The molecule has 0 bridgehead atoms. The van der Waals surface area contributed by atoms with E-state index >= 15 is 0 Å². The largest absolute Gasteiger partial charge is 0.365 e. The van der Waals surface area contributed by atoms with E-state index < -0.39 is 0 Å².